The molecule has 0 aliphatic carbocycles. The first kappa shape index (κ1) is 32.3. The number of hydrogen-bond acceptors (Lipinski definition) is 9. The number of esters is 1. The van der Waals surface area contributed by atoms with Crippen molar-refractivity contribution < 1.29 is 28.5 Å². The van der Waals surface area contributed by atoms with Gasteiger partial charge in [-0.05, 0) is 55.8 Å². The maximum absolute atomic E-state index is 14.2. The molecule has 45 heavy (non-hydrogen) atoms. The van der Waals surface area contributed by atoms with Gasteiger partial charge in [0.05, 0.1) is 43.6 Å². The number of ether oxygens (including phenoxy) is 5. The molecule has 4 aromatic rings. The Morgan fingerprint density at radius 2 is 1.78 bits per heavy atom. The summed E-state index contributed by atoms with van der Waals surface area (Å²) in [6, 6.07) is 15.5. The number of hydrogen-bond donors (Lipinski definition) is 0. The molecule has 0 spiro atoms. The Labute approximate surface area is 277 Å². The predicted octanol–water partition coefficient (Wildman–Crippen LogP) is 5.82. The summed E-state index contributed by atoms with van der Waals surface area (Å²) in [6.45, 7) is 4.79. The zero-order valence-electron chi connectivity index (χ0n) is 25.0. The summed E-state index contributed by atoms with van der Waals surface area (Å²) >= 11 is 11.1. The molecule has 0 bridgehead atoms. The lowest BCUT2D eigenvalue weighted by atomic mass is 9.97. The summed E-state index contributed by atoms with van der Waals surface area (Å²) in [5.74, 6) is 1.37. The number of carbonyl (C=O) groups excluding carboxylic acids is 1. The van der Waals surface area contributed by atoms with Crippen LogP contribution in [0.15, 0.2) is 80.6 Å². The summed E-state index contributed by atoms with van der Waals surface area (Å²) in [4.78, 5) is 32.0. The highest BCUT2D eigenvalue weighted by atomic mass is 79.9. The number of aromatic nitrogens is 1. The molecule has 1 aliphatic rings. The Morgan fingerprint density at radius 3 is 2.49 bits per heavy atom. The average Bonchev–Trinajstić information content (AvgIpc) is 3.35. The highest BCUT2D eigenvalue weighted by Crippen LogP contribution is 2.37. The second-order valence-corrected chi connectivity index (χ2v) is 12.0. The van der Waals surface area contributed by atoms with Gasteiger partial charge in [-0.25, -0.2) is 9.79 Å². The largest absolute Gasteiger partial charge is 0.493 e. The quantitative estimate of drug-likeness (QED) is 0.181. The van der Waals surface area contributed by atoms with Gasteiger partial charge >= 0.3 is 5.97 Å². The van der Waals surface area contributed by atoms with E-state index in [4.69, 9.17) is 35.3 Å². The molecule has 0 unspecified atom stereocenters. The standard InChI is InChI=1S/C33H30BrClN2O7S/c1-5-42-25-12-11-19(14-26(25)43-6-2)29-23(32(39)41-4)17-36-33-37(29)31(38)28(45-33)15-21-13-22(34)16-27(40-3)30(21)44-18-20-9-7-8-10-24(20)35/h7-17,29H,5-6,18H2,1-4H3/b28-15+/t29-/m1/s1. The molecular weight excluding hydrogens is 684 g/mol. The Morgan fingerprint density at radius 1 is 1.02 bits per heavy atom. The molecule has 1 atom stereocenters. The van der Waals surface area contributed by atoms with Gasteiger partial charge in [0.15, 0.2) is 27.8 Å². The molecule has 0 N–H and O–H groups in total. The molecule has 0 radical (unpaired) electrons. The molecule has 0 saturated carbocycles. The molecule has 0 amide bonds. The topological polar surface area (TPSA) is 97.6 Å². The van der Waals surface area contributed by atoms with Crippen LogP contribution in [-0.2, 0) is 16.1 Å². The SMILES string of the molecule is CCOc1ccc([C@@H]2C(C(=O)OC)=CN=c3s/c(=C/c4cc(Br)cc(OC)c4OCc4ccccc4Cl)c(=O)n32)cc1OCC. The minimum Gasteiger partial charge on any atom is -0.493 e. The average molecular weight is 714 g/mol. The molecule has 234 valence electrons. The zero-order chi connectivity index (χ0) is 32.1. The first-order chi connectivity index (χ1) is 21.8. The van der Waals surface area contributed by atoms with Crippen molar-refractivity contribution in [1.29, 1.82) is 0 Å². The smallest absolute Gasteiger partial charge is 0.337 e. The second-order valence-electron chi connectivity index (χ2n) is 9.65. The Balaban J connectivity index is 1.65. The van der Waals surface area contributed by atoms with E-state index >= 15 is 0 Å². The van der Waals surface area contributed by atoms with E-state index in [1.54, 1.807) is 43.5 Å². The van der Waals surface area contributed by atoms with E-state index in [0.717, 1.165) is 10.0 Å². The number of nitrogens with zero attached hydrogens (tertiary/aromatic N) is 2. The van der Waals surface area contributed by atoms with Crippen LogP contribution in [0.3, 0.4) is 0 Å². The molecule has 5 rings (SSSR count). The van der Waals surface area contributed by atoms with Crippen LogP contribution in [0.5, 0.6) is 23.0 Å². The second kappa shape index (κ2) is 14.4. The minimum absolute atomic E-state index is 0.183. The third kappa shape index (κ3) is 6.80. The summed E-state index contributed by atoms with van der Waals surface area (Å²) in [7, 11) is 2.84. The molecule has 3 aromatic carbocycles. The maximum atomic E-state index is 14.2. The van der Waals surface area contributed by atoms with E-state index in [1.807, 2.05) is 38.1 Å². The molecule has 1 aromatic heterocycles. The highest BCUT2D eigenvalue weighted by molar-refractivity contribution is 9.10. The van der Waals surface area contributed by atoms with E-state index in [1.165, 1.54) is 29.2 Å². The normalized spacial score (nSPS) is 14.2. The van der Waals surface area contributed by atoms with Crippen LogP contribution in [0.25, 0.3) is 6.08 Å². The minimum atomic E-state index is -0.821. The monoisotopic (exact) mass is 712 g/mol. The van der Waals surface area contributed by atoms with Crippen LogP contribution in [0.4, 0.5) is 0 Å². The molecule has 0 fully saturated rings. The highest BCUT2D eigenvalue weighted by Gasteiger charge is 2.31. The Bertz CT molecular complexity index is 1950. The number of benzene rings is 3. The van der Waals surface area contributed by atoms with E-state index in [-0.39, 0.29) is 17.7 Å². The lowest BCUT2D eigenvalue weighted by Gasteiger charge is -2.23. The fourth-order valence-electron chi connectivity index (χ4n) is 4.90. The molecular formula is C33H30BrClN2O7S. The summed E-state index contributed by atoms with van der Waals surface area (Å²) in [6.07, 6.45) is 3.17. The maximum Gasteiger partial charge on any atom is 0.337 e. The van der Waals surface area contributed by atoms with Gasteiger partial charge < -0.3 is 23.7 Å². The van der Waals surface area contributed by atoms with Gasteiger partial charge in [-0.3, -0.25) is 9.36 Å². The first-order valence-corrected chi connectivity index (χ1v) is 16.0. The molecule has 12 heteroatoms. The van der Waals surface area contributed by atoms with Crippen molar-refractivity contribution in [3.05, 3.63) is 112 Å². The van der Waals surface area contributed by atoms with Gasteiger partial charge in [-0.15, -0.1) is 0 Å². The third-order valence-corrected chi connectivity index (χ3v) is 8.72. The fraction of sp³-hybridized carbons (Fsp3) is 0.242. The van der Waals surface area contributed by atoms with Crippen LogP contribution < -0.4 is 33.8 Å². The lowest BCUT2D eigenvalue weighted by Crippen LogP contribution is -2.39. The van der Waals surface area contributed by atoms with Gasteiger partial charge in [0.25, 0.3) is 5.56 Å². The van der Waals surface area contributed by atoms with Crippen molar-refractivity contribution in [2.75, 3.05) is 27.4 Å². The van der Waals surface area contributed by atoms with Gasteiger partial charge in [-0.1, -0.05) is 63.1 Å². The van der Waals surface area contributed by atoms with Crippen molar-refractivity contribution in [1.82, 2.24) is 4.57 Å². The van der Waals surface area contributed by atoms with E-state index in [0.29, 0.717) is 61.7 Å². The number of rotatable bonds is 11. The van der Waals surface area contributed by atoms with Crippen molar-refractivity contribution in [3.63, 3.8) is 0 Å². The van der Waals surface area contributed by atoms with Crippen molar-refractivity contribution >= 4 is 50.9 Å². The summed E-state index contributed by atoms with van der Waals surface area (Å²) < 4.78 is 31.1. The van der Waals surface area contributed by atoms with Crippen LogP contribution in [-0.4, -0.2) is 38.0 Å². The molecule has 1 aliphatic heterocycles. The summed E-state index contributed by atoms with van der Waals surface area (Å²) in [5.41, 5.74) is 1.89. The molecule has 2 heterocycles. The van der Waals surface area contributed by atoms with Gasteiger partial charge in [-0.2, -0.15) is 0 Å². The van der Waals surface area contributed by atoms with Crippen molar-refractivity contribution in [2.24, 2.45) is 4.99 Å². The van der Waals surface area contributed by atoms with Gasteiger partial charge in [0.1, 0.15) is 6.61 Å². The number of fused-ring (bicyclic) bond motifs is 1. The number of carbonyl (C=O) groups is 1. The lowest BCUT2D eigenvalue weighted by molar-refractivity contribution is -0.136. The zero-order valence-corrected chi connectivity index (χ0v) is 28.1. The van der Waals surface area contributed by atoms with Crippen molar-refractivity contribution in [3.8, 4) is 23.0 Å². The fourth-order valence-corrected chi connectivity index (χ4v) is 6.50. The number of halogens is 2. The molecule has 9 nitrogen and oxygen atoms in total. The van der Waals surface area contributed by atoms with Crippen LogP contribution in [0.1, 0.15) is 36.6 Å². The Hall–Kier alpha value is -4.06. The van der Waals surface area contributed by atoms with E-state index in [9.17, 15) is 9.59 Å². The van der Waals surface area contributed by atoms with Crippen LogP contribution in [0.2, 0.25) is 5.02 Å². The number of methoxy groups -OCH3 is 2. The van der Waals surface area contributed by atoms with Crippen LogP contribution >= 0.6 is 38.9 Å². The Kier molecular flexibility index (Phi) is 10.3. The van der Waals surface area contributed by atoms with Crippen molar-refractivity contribution in [2.45, 2.75) is 26.5 Å². The van der Waals surface area contributed by atoms with Gasteiger partial charge in [0.2, 0.25) is 0 Å². The van der Waals surface area contributed by atoms with Crippen LogP contribution in [0, 0.1) is 0 Å². The molecule has 0 saturated heterocycles. The third-order valence-electron chi connectivity index (χ3n) is 6.89. The number of thiazole rings is 1. The first-order valence-electron chi connectivity index (χ1n) is 14.0. The summed E-state index contributed by atoms with van der Waals surface area (Å²) in [5, 5.41) is 0.576. The van der Waals surface area contributed by atoms with E-state index < -0.39 is 12.0 Å². The van der Waals surface area contributed by atoms with E-state index in [2.05, 4.69) is 20.9 Å². The van der Waals surface area contributed by atoms with Gasteiger partial charge in [0, 0.05) is 26.8 Å². The predicted molar refractivity (Wildman–Crippen MR) is 176 cm³/mol.